The molecule has 0 radical (unpaired) electrons. The van der Waals surface area contributed by atoms with Gasteiger partial charge in [-0.05, 0) is 59.3 Å². The van der Waals surface area contributed by atoms with Gasteiger partial charge in [-0.3, -0.25) is 4.99 Å². The van der Waals surface area contributed by atoms with Crippen LogP contribution in [0.2, 0.25) is 0 Å². The molecule has 0 spiro atoms. The largest absolute Gasteiger partial charge is 0.444 e. The molecule has 1 N–H and O–H groups in total. The molecule has 158 valence electrons. The van der Waals surface area contributed by atoms with E-state index in [1.54, 1.807) is 0 Å². The van der Waals surface area contributed by atoms with E-state index in [1.807, 2.05) is 31.7 Å². The second kappa shape index (κ2) is 13.2. The smallest absolute Gasteiger partial charge is 0.410 e. The molecule has 0 aromatic carbocycles. The van der Waals surface area contributed by atoms with E-state index in [2.05, 4.69) is 30.8 Å². The minimum absolute atomic E-state index is 0. The van der Waals surface area contributed by atoms with E-state index in [0.717, 1.165) is 64.4 Å². The first kappa shape index (κ1) is 26.0. The van der Waals surface area contributed by atoms with Crippen LogP contribution in [-0.4, -0.2) is 67.2 Å². The highest BCUT2D eigenvalue weighted by Crippen LogP contribution is 2.19. The van der Waals surface area contributed by atoms with Gasteiger partial charge >= 0.3 is 6.09 Å². The van der Waals surface area contributed by atoms with Crippen molar-refractivity contribution >= 4 is 36.0 Å². The fourth-order valence-corrected chi connectivity index (χ4v) is 2.97. The zero-order chi connectivity index (χ0) is 19.6. The Bertz CT molecular complexity index is 477. The number of carbonyl (C=O) groups excluding carboxylic acids is 1. The van der Waals surface area contributed by atoms with E-state index < -0.39 is 5.60 Å². The van der Waals surface area contributed by atoms with Crippen LogP contribution >= 0.6 is 24.0 Å². The number of allylic oxidation sites excluding steroid dienone is 1. The van der Waals surface area contributed by atoms with Gasteiger partial charge in [0, 0.05) is 39.8 Å². The summed E-state index contributed by atoms with van der Waals surface area (Å²) in [6.45, 7) is 15.6. The third kappa shape index (κ3) is 10.8. The van der Waals surface area contributed by atoms with Crippen LogP contribution in [0, 0.1) is 5.92 Å². The van der Waals surface area contributed by atoms with Crippen LogP contribution < -0.4 is 5.32 Å². The summed E-state index contributed by atoms with van der Waals surface area (Å²) in [4.78, 5) is 21.1. The number of hydrogen-bond acceptors (Lipinski definition) is 3. The molecule has 1 fully saturated rings. The summed E-state index contributed by atoms with van der Waals surface area (Å²) in [5.41, 5.74) is -0.450. The standard InChI is InChI=1S/C20H38N4O2.HI/c1-7-9-10-13-23(6)18(21-8-2)22-15-17-12-11-14-24(16-17)19(25)26-20(3,4)5;/h7,17H,1,8-16H2,2-6H3,(H,21,22);1H. The van der Waals surface area contributed by atoms with E-state index in [4.69, 9.17) is 9.73 Å². The summed E-state index contributed by atoms with van der Waals surface area (Å²) in [5, 5.41) is 3.36. The summed E-state index contributed by atoms with van der Waals surface area (Å²) in [5.74, 6) is 1.32. The zero-order valence-electron chi connectivity index (χ0n) is 17.8. The number of guanidine groups is 1. The lowest BCUT2D eigenvalue weighted by Gasteiger charge is -2.33. The third-order valence-corrected chi connectivity index (χ3v) is 4.27. The highest BCUT2D eigenvalue weighted by Gasteiger charge is 2.27. The van der Waals surface area contributed by atoms with Crippen molar-refractivity contribution in [2.75, 3.05) is 39.8 Å². The van der Waals surface area contributed by atoms with Gasteiger partial charge in [0.15, 0.2) is 5.96 Å². The molecular weight excluding hydrogens is 455 g/mol. The molecule has 0 bridgehead atoms. The number of halogens is 1. The zero-order valence-corrected chi connectivity index (χ0v) is 20.1. The maximum absolute atomic E-state index is 12.3. The quantitative estimate of drug-likeness (QED) is 0.190. The van der Waals surface area contributed by atoms with Gasteiger partial charge in [0.05, 0.1) is 0 Å². The summed E-state index contributed by atoms with van der Waals surface area (Å²) in [7, 11) is 2.07. The third-order valence-electron chi connectivity index (χ3n) is 4.27. The number of likely N-dealkylation sites (tertiary alicyclic amines) is 1. The first-order valence-corrected chi connectivity index (χ1v) is 9.85. The number of aliphatic imine (C=N–C) groups is 1. The molecule has 27 heavy (non-hydrogen) atoms. The van der Waals surface area contributed by atoms with Crippen molar-refractivity contribution in [3.05, 3.63) is 12.7 Å². The number of hydrogen-bond donors (Lipinski definition) is 1. The van der Waals surface area contributed by atoms with Crippen LogP contribution in [0.1, 0.15) is 53.4 Å². The van der Waals surface area contributed by atoms with Crippen molar-refractivity contribution < 1.29 is 9.53 Å². The molecule has 0 aliphatic carbocycles. The molecule has 1 amide bonds. The van der Waals surface area contributed by atoms with Crippen molar-refractivity contribution in [1.29, 1.82) is 0 Å². The molecule has 1 saturated heterocycles. The fraction of sp³-hybridized carbons (Fsp3) is 0.800. The molecule has 0 aromatic heterocycles. The highest BCUT2D eigenvalue weighted by atomic mass is 127. The normalized spacial score (nSPS) is 17.7. The average molecular weight is 494 g/mol. The van der Waals surface area contributed by atoms with E-state index in [0.29, 0.717) is 5.92 Å². The Hall–Kier alpha value is -0.990. The van der Waals surface area contributed by atoms with Gasteiger partial charge in [-0.2, -0.15) is 0 Å². The molecule has 0 saturated carbocycles. The van der Waals surface area contributed by atoms with Gasteiger partial charge in [0.25, 0.3) is 0 Å². The maximum Gasteiger partial charge on any atom is 0.410 e. The van der Waals surface area contributed by atoms with Gasteiger partial charge in [0.1, 0.15) is 5.60 Å². The molecule has 1 atom stereocenters. The SMILES string of the molecule is C=CCCCN(C)C(=NCC1CCCN(C(=O)OC(C)(C)C)C1)NCC.I. The number of ether oxygens (including phenoxy) is 1. The second-order valence-electron chi connectivity index (χ2n) is 7.98. The van der Waals surface area contributed by atoms with Crippen LogP contribution in [0.4, 0.5) is 4.79 Å². The minimum Gasteiger partial charge on any atom is -0.444 e. The molecular formula is C20H39IN4O2. The monoisotopic (exact) mass is 494 g/mol. The fourth-order valence-electron chi connectivity index (χ4n) is 2.97. The average Bonchev–Trinajstić information content (AvgIpc) is 2.57. The number of carbonyl (C=O) groups is 1. The topological polar surface area (TPSA) is 57.2 Å². The van der Waals surface area contributed by atoms with Crippen LogP contribution in [0.15, 0.2) is 17.6 Å². The number of nitrogens with zero attached hydrogens (tertiary/aromatic N) is 3. The Morgan fingerprint density at radius 2 is 2.15 bits per heavy atom. The molecule has 6 nitrogen and oxygen atoms in total. The van der Waals surface area contributed by atoms with Crippen molar-refractivity contribution in [1.82, 2.24) is 15.1 Å². The lowest BCUT2D eigenvalue weighted by molar-refractivity contribution is 0.0170. The first-order valence-electron chi connectivity index (χ1n) is 9.85. The van der Waals surface area contributed by atoms with Gasteiger partial charge in [0.2, 0.25) is 0 Å². The molecule has 1 rings (SSSR count). The lowest BCUT2D eigenvalue weighted by Crippen LogP contribution is -2.44. The number of rotatable bonds is 7. The van der Waals surface area contributed by atoms with Crippen LogP contribution in [0.3, 0.4) is 0 Å². The molecule has 1 unspecified atom stereocenters. The Morgan fingerprint density at radius 1 is 1.44 bits per heavy atom. The van der Waals surface area contributed by atoms with Gasteiger partial charge in [-0.25, -0.2) is 4.79 Å². The number of piperidine rings is 1. The van der Waals surface area contributed by atoms with Crippen molar-refractivity contribution in [3.63, 3.8) is 0 Å². The lowest BCUT2D eigenvalue weighted by atomic mass is 9.98. The Morgan fingerprint density at radius 3 is 2.74 bits per heavy atom. The highest BCUT2D eigenvalue weighted by molar-refractivity contribution is 14.0. The molecule has 7 heteroatoms. The predicted molar refractivity (Wildman–Crippen MR) is 124 cm³/mol. The Kier molecular flexibility index (Phi) is 12.7. The predicted octanol–water partition coefficient (Wildman–Crippen LogP) is 4.12. The molecule has 1 aliphatic rings. The van der Waals surface area contributed by atoms with E-state index in [-0.39, 0.29) is 30.1 Å². The number of nitrogens with one attached hydrogen (secondary N) is 1. The van der Waals surface area contributed by atoms with Gasteiger partial charge in [-0.1, -0.05) is 6.08 Å². The Balaban J connectivity index is 0.00000676. The summed E-state index contributed by atoms with van der Waals surface area (Å²) >= 11 is 0. The maximum atomic E-state index is 12.3. The summed E-state index contributed by atoms with van der Waals surface area (Å²) < 4.78 is 5.51. The van der Waals surface area contributed by atoms with Crippen molar-refractivity contribution in [3.8, 4) is 0 Å². The number of amides is 1. The van der Waals surface area contributed by atoms with E-state index >= 15 is 0 Å². The van der Waals surface area contributed by atoms with Crippen molar-refractivity contribution in [2.45, 2.75) is 59.0 Å². The molecule has 1 heterocycles. The first-order chi connectivity index (χ1) is 12.3. The van der Waals surface area contributed by atoms with Crippen LogP contribution in [0.25, 0.3) is 0 Å². The van der Waals surface area contributed by atoms with E-state index in [9.17, 15) is 4.79 Å². The van der Waals surface area contributed by atoms with Crippen LogP contribution in [-0.2, 0) is 4.74 Å². The van der Waals surface area contributed by atoms with Gasteiger partial charge < -0.3 is 19.9 Å². The van der Waals surface area contributed by atoms with Gasteiger partial charge in [-0.15, -0.1) is 30.6 Å². The number of unbranched alkanes of at least 4 members (excludes halogenated alkanes) is 1. The second-order valence-corrected chi connectivity index (χ2v) is 7.98. The minimum atomic E-state index is -0.450. The van der Waals surface area contributed by atoms with E-state index in [1.165, 1.54) is 0 Å². The Labute approximate surface area is 182 Å². The summed E-state index contributed by atoms with van der Waals surface area (Å²) in [6.07, 6.45) is 5.93. The summed E-state index contributed by atoms with van der Waals surface area (Å²) in [6, 6.07) is 0. The molecule has 0 aromatic rings. The van der Waals surface area contributed by atoms with Crippen molar-refractivity contribution in [2.24, 2.45) is 10.9 Å². The molecule has 1 aliphatic heterocycles. The van der Waals surface area contributed by atoms with Crippen LogP contribution in [0.5, 0.6) is 0 Å².